The van der Waals surface area contributed by atoms with Gasteiger partial charge in [-0.1, -0.05) is 25.1 Å². The quantitative estimate of drug-likeness (QED) is 0.885. The smallest absolute Gasteiger partial charge is 0.127 e. The molecule has 0 amide bonds. The van der Waals surface area contributed by atoms with E-state index < -0.39 is 0 Å². The molecule has 0 aliphatic carbocycles. The molecule has 1 aromatic carbocycles. The Hall–Kier alpha value is -0.930. The summed E-state index contributed by atoms with van der Waals surface area (Å²) in [5, 5.41) is 3.26. The monoisotopic (exact) mass is 278 g/mol. The molecule has 1 aromatic rings. The number of rotatable bonds is 5. The van der Waals surface area contributed by atoms with Crippen molar-refractivity contribution in [3.63, 3.8) is 0 Å². The molecule has 20 heavy (non-hydrogen) atoms. The van der Waals surface area contributed by atoms with Gasteiger partial charge in [0, 0.05) is 24.2 Å². The maximum absolute atomic E-state index is 13.9. The van der Waals surface area contributed by atoms with E-state index in [2.05, 4.69) is 24.1 Å². The maximum Gasteiger partial charge on any atom is 0.127 e. The maximum atomic E-state index is 13.9. The number of hydrogen-bond acceptors (Lipinski definition) is 2. The summed E-state index contributed by atoms with van der Waals surface area (Å²) >= 11 is 0. The Labute approximate surface area is 122 Å². The third kappa shape index (κ3) is 3.80. The molecule has 1 N–H and O–H groups in total. The molecular formula is C17H27FN2. The van der Waals surface area contributed by atoms with Gasteiger partial charge in [-0.05, 0) is 51.8 Å². The summed E-state index contributed by atoms with van der Waals surface area (Å²) in [4.78, 5) is 2.55. The highest BCUT2D eigenvalue weighted by atomic mass is 19.1. The fourth-order valence-corrected chi connectivity index (χ4v) is 3.30. The first-order valence-electron chi connectivity index (χ1n) is 7.77. The minimum Gasteiger partial charge on any atom is -0.313 e. The van der Waals surface area contributed by atoms with Crippen molar-refractivity contribution >= 4 is 0 Å². The Morgan fingerprint density at radius 1 is 1.35 bits per heavy atom. The SMILES string of the molecule is CNC(CCN1CCC(C)CC1C)c1ccccc1F. The van der Waals surface area contributed by atoms with Crippen LogP contribution in [-0.2, 0) is 0 Å². The highest BCUT2D eigenvalue weighted by Crippen LogP contribution is 2.25. The van der Waals surface area contributed by atoms with Crippen LogP contribution in [0, 0.1) is 11.7 Å². The van der Waals surface area contributed by atoms with Gasteiger partial charge in [0.15, 0.2) is 0 Å². The molecule has 1 aliphatic heterocycles. The zero-order valence-electron chi connectivity index (χ0n) is 12.9. The summed E-state index contributed by atoms with van der Waals surface area (Å²) in [7, 11) is 1.92. The van der Waals surface area contributed by atoms with Crippen LogP contribution in [0.1, 0.15) is 44.7 Å². The van der Waals surface area contributed by atoms with Gasteiger partial charge >= 0.3 is 0 Å². The van der Waals surface area contributed by atoms with Crippen molar-refractivity contribution in [2.24, 2.45) is 5.92 Å². The van der Waals surface area contributed by atoms with E-state index in [-0.39, 0.29) is 11.9 Å². The summed E-state index contributed by atoms with van der Waals surface area (Å²) < 4.78 is 13.9. The Balaban J connectivity index is 1.93. The number of nitrogens with zero attached hydrogens (tertiary/aromatic N) is 1. The van der Waals surface area contributed by atoms with Crippen LogP contribution in [0.2, 0.25) is 0 Å². The van der Waals surface area contributed by atoms with E-state index in [0.29, 0.717) is 6.04 Å². The topological polar surface area (TPSA) is 15.3 Å². The molecule has 0 radical (unpaired) electrons. The van der Waals surface area contributed by atoms with Crippen LogP contribution in [0.4, 0.5) is 4.39 Å². The number of halogens is 1. The minimum absolute atomic E-state index is 0.0998. The molecule has 1 heterocycles. The molecule has 3 heteroatoms. The molecule has 3 unspecified atom stereocenters. The predicted molar refractivity (Wildman–Crippen MR) is 82.3 cm³/mol. The second kappa shape index (κ2) is 7.19. The van der Waals surface area contributed by atoms with Gasteiger partial charge in [0.05, 0.1) is 0 Å². The van der Waals surface area contributed by atoms with Gasteiger partial charge in [0.1, 0.15) is 5.82 Å². The second-order valence-corrected chi connectivity index (χ2v) is 6.17. The molecule has 112 valence electrons. The number of benzene rings is 1. The first-order chi connectivity index (χ1) is 9.61. The summed E-state index contributed by atoms with van der Waals surface area (Å²) in [5.74, 6) is 0.736. The van der Waals surface area contributed by atoms with E-state index in [1.54, 1.807) is 12.1 Å². The van der Waals surface area contributed by atoms with E-state index >= 15 is 0 Å². The molecule has 0 saturated carbocycles. The van der Waals surface area contributed by atoms with Crippen LogP contribution in [-0.4, -0.2) is 31.1 Å². The van der Waals surface area contributed by atoms with Crippen LogP contribution in [0.5, 0.6) is 0 Å². The summed E-state index contributed by atoms with van der Waals surface area (Å²) in [6.07, 6.45) is 3.52. The molecule has 3 atom stereocenters. The van der Waals surface area contributed by atoms with Crippen LogP contribution < -0.4 is 5.32 Å². The van der Waals surface area contributed by atoms with Crippen molar-refractivity contribution in [3.8, 4) is 0 Å². The zero-order valence-corrected chi connectivity index (χ0v) is 12.9. The van der Waals surface area contributed by atoms with Crippen molar-refractivity contribution in [2.45, 2.75) is 45.2 Å². The van der Waals surface area contributed by atoms with Crippen LogP contribution in [0.3, 0.4) is 0 Å². The van der Waals surface area contributed by atoms with Gasteiger partial charge in [-0.2, -0.15) is 0 Å². The van der Waals surface area contributed by atoms with E-state index in [1.807, 2.05) is 19.2 Å². The molecule has 1 aliphatic rings. The Morgan fingerprint density at radius 3 is 2.75 bits per heavy atom. The molecule has 2 rings (SSSR count). The summed E-state index contributed by atoms with van der Waals surface area (Å²) in [6.45, 7) is 6.86. The van der Waals surface area contributed by atoms with Gasteiger partial charge < -0.3 is 10.2 Å². The van der Waals surface area contributed by atoms with E-state index in [1.165, 1.54) is 19.4 Å². The van der Waals surface area contributed by atoms with Gasteiger partial charge in [-0.25, -0.2) is 4.39 Å². The number of likely N-dealkylation sites (tertiary alicyclic amines) is 1. The van der Waals surface area contributed by atoms with E-state index in [4.69, 9.17) is 0 Å². The predicted octanol–water partition coefficient (Wildman–Crippen LogP) is 3.60. The first-order valence-corrected chi connectivity index (χ1v) is 7.77. The minimum atomic E-state index is -0.104. The number of hydrogen-bond donors (Lipinski definition) is 1. The van der Waals surface area contributed by atoms with Crippen molar-refractivity contribution in [1.82, 2.24) is 10.2 Å². The molecular weight excluding hydrogens is 251 g/mol. The molecule has 0 spiro atoms. The van der Waals surface area contributed by atoms with Crippen LogP contribution in [0.15, 0.2) is 24.3 Å². The number of piperidine rings is 1. The van der Waals surface area contributed by atoms with E-state index in [9.17, 15) is 4.39 Å². The molecule has 0 bridgehead atoms. The molecule has 2 nitrogen and oxygen atoms in total. The third-order valence-electron chi connectivity index (χ3n) is 4.61. The average molecular weight is 278 g/mol. The van der Waals surface area contributed by atoms with Crippen LogP contribution >= 0.6 is 0 Å². The lowest BCUT2D eigenvalue weighted by Crippen LogP contribution is -2.41. The Bertz CT molecular complexity index is 421. The highest BCUT2D eigenvalue weighted by molar-refractivity contribution is 5.21. The first kappa shape index (κ1) is 15.5. The van der Waals surface area contributed by atoms with Crippen molar-refractivity contribution in [2.75, 3.05) is 20.1 Å². The highest BCUT2D eigenvalue weighted by Gasteiger charge is 2.23. The fourth-order valence-electron chi connectivity index (χ4n) is 3.30. The van der Waals surface area contributed by atoms with Gasteiger partial charge in [0.2, 0.25) is 0 Å². The summed E-state index contributed by atoms with van der Waals surface area (Å²) in [6, 6.07) is 7.84. The molecule has 1 saturated heterocycles. The Kier molecular flexibility index (Phi) is 5.55. The lowest BCUT2D eigenvalue weighted by Gasteiger charge is -2.37. The van der Waals surface area contributed by atoms with Crippen molar-refractivity contribution in [3.05, 3.63) is 35.6 Å². The average Bonchev–Trinajstić information content (AvgIpc) is 2.43. The van der Waals surface area contributed by atoms with Crippen LogP contribution in [0.25, 0.3) is 0 Å². The second-order valence-electron chi connectivity index (χ2n) is 6.17. The fraction of sp³-hybridized carbons (Fsp3) is 0.647. The largest absolute Gasteiger partial charge is 0.313 e. The van der Waals surface area contributed by atoms with Crippen molar-refractivity contribution in [1.29, 1.82) is 0 Å². The lowest BCUT2D eigenvalue weighted by atomic mass is 9.93. The molecule has 1 fully saturated rings. The van der Waals surface area contributed by atoms with Gasteiger partial charge in [0.25, 0.3) is 0 Å². The third-order valence-corrected chi connectivity index (χ3v) is 4.61. The van der Waals surface area contributed by atoms with Crippen molar-refractivity contribution < 1.29 is 4.39 Å². The molecule has 0 aromatic heterocycles. The Morgan fingerprint density at radius 2 is 2.10 bits per heavy atom. The van der Waals surface area contributed by atoms with Gasteiger partial charge in [-0.3, -0.25) is 0 Å². The van der Waals surface area contributed by atoms with E-state index in [0.717, 1.165) is 24.4 Å². The zero-order chi connectivity index (χ0) is 14.5. The lowest BCUT2D eigenvalue weighted by molar-refractivity contribution is 0.124. The standard InChI is InChI=1S/C17H27FN2/c1-13-8-10-20(14(2)12-13)11-9-17(19-3)15-6-4-5-7-16(15)18/h4-7,13-14,17,19H,8-12H2,1-3H3. The number of nitrogens with one attached hydrogen (secondary N) is 1. The summed E-state index contributed by atoms with van der Waals surface area (Å²) in [5.41, 5.74) is 0.785. The van der Waals surface area contributed by atoms with Gasteiger partial charge in [-0.15, -0.1) is 0 Å². The normalized spacial score (nSPS) is 25.6.